The van der Waals surface area contributed by atoms with Crippen LogP contribution in [0.3, 0.4) is 0 Å². The van der Waals surface area contributed by atoms with Crippen LogP contribution >= 0.6 is 0 Å². The SMILES string of the molecule is Cc1ccc([C@@H](Cc2ccccc2)C(=O)N[C@H]2c3ccccc3OC[C@H]2CO)cc1. The van der Waals surface area contributed by atoms with Crippen molar-refractivity contribution in [3.8, 4) is 5.75 Å². The standard InChI is InChI=1S/C26H27NO3/c1-18-11-13-20(14-12-18)23(15-19-7-3-2-4-8-19)26(29)27-25-21(16-28)17-30-24-10-6-5-9-22(24)25/h2-14,21,23,25,28H,15-17H2,1H3,(H,27,29)/t21-,23-,25-/m1/s1. The van der Waals surface area contributed by atoms with Crippen LogP contribution in [-0.2, 0) is 11.2 Å². The summed E-state index contributed by atoms with van der Waals surface area (Å²) in [6.45, 7) is 2.38. The lowest BCUT2D eigenvalue weighted by atomic mass is 9.87. The van der Waals surface area contributed by atoms with Gasteiger partial charge >= 0.3 is 0 Å². The number of benzene rings is 3. The molecule has 0 aromatic heterocycles. The van der Waals surface area contributed by atoms with Crippen LogP contribution in [0.2, 0.25) is 0 Å². The van der Waals surface area contributed by atoms with Gasteiger partial charge in [0.2, 0.25) is 5.91 Å². The topological polar surface area (TPSA) is 58.6 Å². The largest absolute Gasteiger partial charge is 0.493 e. The van der Waals surface area contributed by atoms with E-state index in [9.17, 15) is 9.90 Å². The van der Waals surface area contributed by atoms with E-state index >= 15 is 0 Å². The van der Waals surface area contributed by atoms with Gasteiger partial charge in [-0.1, -0.05) is 78.4 Å². The van der Waals surface area contributed by atoms with E-state index in [1.165, 1.54) is 0 Å². The summed E-state index contributed by atoms with van der Waals surface area (Å²) >= 11 is 0. The first-order valence-corrected chi connectivity index (χ1v) is 10.4. The molecule has 1 aliphatic heterocycles. The summed E-state index contributed by atoms with van der Waals surface area (Å²) in [7, 11) is 0. The average Bonchev–Trinajstić information content (AvgIpc) is 2.79. The fourth-order valence-corrected chi connectivity index (χ4v) is 4.03. The first-order chi connectivity index (χ1) is 14.7. The molecular weight excluding hydrogens is 374 g/mol. The zero-order valence-electron chi connectivity index (χ0n) is 17.1. The highest BCUT2D eigenvalue weighted by molar-refractivity contribution is 5.84. The molecule has 30 heavy (non-hydrogen) atoms. The normalized spacial score (nSPS) is 18.7. The number of hydrogen-bond donors (Lipinski definition) is 2. The van der Waals surface area contributed by atoms with Crippen LogP contribution in [0.4, 0.5) is 0 Å². The van der Waals surface area contributed by atoms with Crippen molar-refractivity contribution in [2.45, 2.75) is 25.3 Å². The number of carbonyl (C=O) groups is 1. The number of hydrogen-bond acceptors (Lipinski definition) is 3. The van der Waals surface area contributed by atoms with Crippen LogP contribution in [0.15, 0.2) is 78.9 Å². The first-order valence-electron chi connectivity index (χ1n) is 10.4. The molecule has 0 saturated carbocycles. The number of aliphatic hydroxyl groups excluding tert-OH is 1. The number of aryl methyl sites for hydroxylation is 1. The number of amides is 1. The quantitative estimate of drug-likeness (QED) is 0.651. The van der Waals surface area contributed by atoms with E-state index in [0.29, 0.717) is 13.0 Å². The molecule has 0 aliphatic carbocycles. The number of aliphatic hydroxyl groups is 1. The third-order valence-electron chi connectivity index (χ3n) is 5.79. The Morgan fingerprint density at radius 3 is 2.47 bits per heavy atom. The predicted molar refractivity (Wildman–Crippen MR) is 117 cm³/mol. The summed E-state index contributed by atoms with van der Waals surface area (Å²) in [5.74, 6) is 0.229. The summed E-state index contributed by atoms with van der Waals surface area (Å²) in [6, 6.07) is 25.7. The third-order valence-corrected chi connectivity index (χ3v) is 5.79. The molecule has 1 amide bonds. The Kier molecular flexibility index (Phi) is 6.15. The average molecular weight is 402 g/mol. The molecule has 0 bridgehead atoms. The number of carbonyl (C=O) groups excluding carboxylic acids is 1. The minimum Gasteiger partial charge on any atom is -0.493 e. The van der Waals surface area contributed by atoms with Gasteiger partial charge in [0.25, 0.3) is 0 Å². The zero-order chi connectivity index (χ0) is 20.9. The van der Waals surface area contributed by atoms with Gasteiger partial charge in [-0.05, 0) is 30.5 Å². The Morgan fingerprint density at radius 1 is 1.03 bits per heavy atom. The van der Waals surface area contributed by atoms with Gasteiger partial charge in [-0.15, -0.1) is 0 Å². The molecule has 4 nitrogen and oxygen atoms in total. The van der Waals surface area contributed by atoms with Gasteiger partial charge in [-0.2, -0.15) is 0 Å². The summed E-state index contributed by atoms with van der Waals surface area (Å²) in [6.07, 6.45) is 0.615. The van der Waals surface area contributed by atoms with E-state index in [1.54, 1.807) is 0 Å². The molecule has 3 aromatic rings. The maximum Gasteiger partial charge on any atom is 0.228 e. The highest BCUT2D eigenvalue weighted by atomic mass is 16.5. The Morgan fingerprint density at radius 2 is 1.73 bits per heavy atom. The van der Waals surface area contributed by atoms with E-state index in [1.807, 2.05) is 73.7 Å². The summed E-state index contributed by atoms with van der Waals surface area (Å²) in [5.41, 5.74) is 4.18. The second-order valence-corrected chi connectivity index (χ2v) is 7.93. The van der Waals surface area contributed by atoms with Crippen LogP contribution < -0.4 is 10.1 Å². The minimum absolute atomic E-state index is 0.0390. The summed E-state index contributed by atoms with van der Waals surface area (Å²) in [4.78, 5) is 13.5. The van der Waals surface area contributed by atoms with Crippen molar-refractivity contribution in [3.05, 3.63) is 101 Å². The van der Waals surface area contributed by atoms with E-state index in [0.717, 1.165) is 28.0 Å². The third kappa shape index (κ3) is 4.39. The second-order valence-electron chi connectivity index (χ2n) is 7.93. The molecule has 1 aliphatic rings. The summed E-state index contributed by atoms with van der Waals surface area (Å²) in [5, 5.41) is 13.1. The molecule has 154 valence electrons. The van der Waals surface area contributed by atoms with Crippen molar-refractivity contribution >= 4 is 5.91 Å². The lowest BCUT2D eigenvalue weighted by Gasteiger charge is -2.34. The molecule has 4 rings (SSSR count). The number of nitrogens with one attached hydrogen (secondary N) is 1. The van der Waals surface area contributed by atoms with Crippen LogP contribution in [0.1, 0.15) is 34.2 Å². The number of fused-ring (bicyclic) bond motifs is 1. The van der Waals surface area contributed by atoms with Crippen LogP contribution in [-0.4, -0.2) is 24.2 Å². The van der Waals surface area contributed by atoms with Crippen LogP contribution in [0.25, 0.3) is 0 Å². The van der Waals surface area contributed by atoms with E-state index in [2.05, 4.69) is 17.4 Å². The van der Waals surface area contributed by atoms with Gasteiger partial charge in [-0.3, -0.25) is 4.79 Å². The monoisotopic (exact) mass is 401 g/mol. The number of para-hydroxylation sites is 1. The fraction of sp³-hybridized carbons (Fsp3) is 0.269. The highest BCUT2D eigenvalue weighted by Crippen LogP contribution is 2.36. The maximum atomic E-state index is 13.5. The molecule has 0 saturated heterocycles. The first kappa shape index (κ1) is 20.2. The Hall–Kier alpha value is -3.11. The molecule has 0 unspecified atom stereocenters. The lowest BCUT2D eigenvalue weighted by molar-refractivity contribution is -0.124. The van der Waals surface area contributed by atoms with Crippen LogP contribution in [0, 0.1) is 12.8 Å². The van der Waals surface area contributed by atoms with Crippen molar-refractivity contribution in [1.29, 1.82) is 0 Å². The Labute approximate surface area is 177 Å². The fourth-order valence-electron chi connectivity index (χ4n) is 4.03. The zero-order valence-corrected chi connectivity index (χ0v) is 17.1. The van der Waals surface area contributed by atoms with Crippen molar-refractivity contribution in [2.75, 3.05) is 13.2 Å². The molecule has 3 atom stereocenters. The van der Waals surface area contributed by atoms with Crippen molar-refractivity contribution in [2.24, 2.45) is 5.92 Å². The molecular formula is C26H27NO3. The smallest absolute Gasteiger partial charge is 0.228 e. The van der Waals surface area contributed by atoms with Crippen molar-refractivity contribution in [1.82, 2.24) is 5.32 Å². The Balaban J connectivity index is 1.63. The van der Waals surface area contributed by atoms with E-state index < -0.39 is 0 Å². The highest BCUT2D eigenvalue weighted by Gasteiger charge is 2.33. The summed E-state index contributed by atoms with van der Waals surface area (Å²) < 4.78 is 5.78. The molecule has 0 fully saturated rings. The Bertz CT molecular complexity index is 985. The molecule has 0 radical (unpaired) electrons. The van der Waals surface area contributed by atoms with E-state index in [-0.39, 0.29) is 30.4 Å². The molecule has 2 N–H and O–H groups in total. The molecule has 4 heteroatoms. The van der Waals surface area contributed by atoms with Gasteiger partial charge in [0.05, 0.1) is 25.2 Å². The van der Waals surface area contributed by atoms with Gasteiger partial charge in [0.15, 0.2) is 0 Å². The molecule has 1 heterocycles. The van der Waals surface area contributed by atoms with Gasteiger partial charge in [0.1, 0.15) is 5.75 Å². The minimum atomic E-state index is -0.317. The van der Waals surface area contributed by atoms with Gasteiger partial charge < -0.3 is 15.2 Å². The molecule has 0 spiro atoms. The van der Waals surface area contributed by atoms with E-state index in [4.69, 9.17) is 4.74 Å². The van der Waals surface area contributed by atoms with Crippen molar-refractivity contribution in [3.63, 3.8) is 0 Å². The molecule has 3 aromatic carbocycles. The number of rotatable bonds is 6. The second kappa shape index (κ2) is 9.14. The maximum absolute atomic E-state index is 13.5. The lowest BCUT2D eigenvalue weighted by Crippen LogP contribution is -2.42. The van der Waals surface area contributed by atoms with Gasteiger partial charge in [0, 0.05) is 11.5 Å². The van der Waals surface area contributed by atoms with Crippen molar-refractivity contribution < 1.29 is 14.6 Å². The van der Waals surface area contributed by atoms with Gasteiger partial charge in [-0.25, -0.2) is 0 Å². The number of ether oxygens (including phenoxy) is 1. The predicted octanol–water partition coefficient (Wildman–Crippen LogP) is 4.18. The van der Waals surface area contributed by atoms with Crippen LogP contribution in [0.5, 0.6) is 5.75 Å².